The van der Waals surface area contributed by atoms with Crippen molar-refractivity contribution in [1.29, 1.82) is 0 Å². The summed E-state index contributed by atoms with van der Waals surface area (Å²) in [7, 11) is 6.79. The van der Waals surface area contributed by atoms with E-state index >= 15 is 0 Å². The predicted molar refractivity (Wildman–Crippen MR) is 148 cm³/mol. The molecule has 0 aliphatic heterocycles. The maximum atomic E-state index is 14.1. The van der Waals surface area contributed by atoms with E-state index in [1.807, 2.05) is 4.90 Å². The predicted octanol–water partition coefficient (Wildman–Crippen LogP) is 2.51. The summed E-state index contributed by atoms with van der Waals surface area (Å²) >= 11 is 6.19. The van der Waals surface area contributed by atoms with Crippen molar-refractivity contribution in [1.82, 2.24) is 4.90 Å². The molecule has 3 aliphatic carbocycles. The van der Waals surface area contributed by atoms with E-state index in [2.05, 4.69) is 0 Å². The van der Waals surface area contributed by atoms with Gasteiger partial charge < -0.3 is 31.1 Å². The Morgan fingerprint density at radius 2 is 1.77 bits per heavy atom. The fourth-order valence-electron chi connectivity index (χ4n) is 6.57. The molecule has 2 aromatic rings. The van der Waals surface area contributed by atoms with Crippen LogP contribution in [0.25, 0.3) is 11.1 Å². The van der Waals surface area contributed by atoms with Gasteiger partial charge in [-0.2, -0.15) is 0 Å². The molecule has 10 nitrogen and oxygen atoms in total. The molecular weight excluding hydrogens is 538 g/mol. The van der Waals surface area contributed by atoms with Crippen molar-refractivity contribution in [3.63, 3.8) is 0 Å². The number of ketones is 2. The van der Waals surface area contributed by atoms with Gasteiger partial charge in [0.2, 0.25) is 5.78 Å². The second-order valence-electron chi connectivity index (χ2n) is 11.0. The Morgan fingerprint density at radius 3 is 2.35 bits per heavy atom. The summed E-state index contributed by atoms with van der Waals surface area (Å²) in [5, 5.41) is 46.0. The van der Waals surface area contributed by atoms with Gasteiger partial charge in [-0.3, -0.25) is 19.3 Å². The van der Waals surface area contributed by atoms with Crippen molar-refractivity contribution in [3.05, 3.63) is 69.1 Å². The average Bonchev–Trinajstić information content (AvgIpc) is 2.85. The maximum Gasteiger partial charge on any atom is 0.255 e. The average molecular weight is 568 g/mol. The molecule has 0 heterocycles. The van der Waals surface area contributed by atoms with Gasteiger partial charge in [0.05, 0.1) is 11.6 Å². The Kier molecular flexibility index (Phi) is 6.48. The Hall–Kier alpha value is -3.86. The van der Waals surface area contributed by atoms with Crippen molar-refractivity contribution in [2.24, 2.45) is 17.6 Å². The third-order valence-corrected chi connectivity index (χ3v) is 8.55. The first-order valence-corrected chi connectivity index (χ1v) is 13.1. The van der Waals surface area contributed by atoms with Crippen molar-refractivity contribution < 1.29 is 34.8 Å². The van der Waals surface area contributed by atoms with E-state index in [1.54, 1.807) is 58.5 Å². The number of benzene rings is 2. The normalized spacial score (nSPS) is 26.0. The van der Waals surface area contributed by atoms with E-state index in [4.69, 9.17) is 17.3 Å². The Morgan fingerprint density at radius 1 is 1.10 bits per heavy atom. The number of amides is 1. The number of nitrogens with zero attached hydrogens (tertiary/aromatic N) is 2. The SMILES string of the molecule is CN(C)c1cc(-c2cccc(Cl)c2)c(O)c2c1C[C@H]1C[C@H]3[C@H](N(C)C)C(O)=C(C(N)=O)C(=O)[C@@]3(O)C(O)=C1C2=O. The molecule has 0 saturated carbocycles. The lowest BCUT2D eigenvalue weighted by Gasteiger charge is -2.50. The van der Waals surface area contributed by atoms with Crippen LogP contribution in [0, 0.1) is 11.8 Å². The topological polar surface area (TPSA) is 165 Å². The molecule has 0 unspecified atom stereocenters. The van der Waals surface area contributed by atoms with Gasteiger partial charge in [0.25, 0.3) is 5.91 Å². The minimum absolute atomic E-state index is 0.0233. The lowest BCUT2D eigenvalue weighted by Crippen LogP contribution is -2.63. The van der Waals surface area contributed by atoms with Gasteiger partial charge in [-0.05, 0) is 62.2 Å². The summed E-state index contributed by atoms with van der Waals surface area (Å²) in [4.78, 5) is 43.1. The Bertz CT molecular complexity index is 1560. The van der Waals surface area contributed by atoms with Crippen LogP contribution >= 0.6 is 11.6 Å². The molecule has 6 N–H and O–H groups in total. The number of Topliss-reactive ketones (excluding diaryl/α,β-unsaturated/α-hetero) is 2. The summed E-state index contributed by atoms with van der Waals surface area (Å²) < 4.78 is 0. The molecule has 0 bridgehead atoms. The van der Waals surface area contributed by atoms with E-state index in [1.165, 1.54) is 4.90 Å². The zero-order valence-electron chi connectivity index (χ0n) is 22.4. The number of fused-ring (bicyclic) bond motifs is 3. The van der Waals surface area contributed by atoms with Gasteiger partial charge >= 0.3 is 0 Å². The molecule has 210 valence electrons. The number of aliphatic hydroxyl groups excluding tert-OH is 2. The summed E-state index contributed by atoms with van der Waals surface area (Å²) in [6.45, 7) is 0. The number of aliphatic hydroxyl groups is 3. The number of rotatable bonds is 4. The molecule has 0 radical (unpaired) electrons. The van der Waals surface area contributed by atoms with Crippen molar-refractivity contribution >= 4 is 34.8 Å². The molecule has 0 aromatic heterocycles. The summed E-state index contributed by atoms with van der Waals surface area (Å²) in [6.07, 6.45) is 0.223. The largest absolute Gasteiger partial charge is 0.510 e. The number of likely N-dealkylation sites (N-methyl/N-ethyl adjacent to an activating group) is 1. The van der Waals surface area contributed by atoms with Gasteiger partial charge in [-0.15, -0.1) is 0 Å². The minimum atomic E-state index is -2.69. The van der Waals surface area contributed by atoms with Crippen LogP contribution in [0.4, 0.5) is 5.69 Å². The smallest absolute Gasteiger partial charge is 0.255 e. The van der Waals surface area contributed by atoms with E-state index in [-0.39, 0.29) is 29.7 Å². The lowest BCUT2D eigenvalue weighted by molar-refractivity contribution is -0.148. The first-order valence-electron chi connectivity index (χ1n) is 12.7. The molecular formula is C29H30ClN3O7. The Labute approximate surface area is 235 Å². The number of phenolic OH excluding ortho intramolecular Hbond substituents is 1. The van der Waals surface area contributed by atoms with Crippen molar-refractivity contribution in [2.45, 2.75) is 24.5 Å². The van der Waals surface area contributed by atoms with Crippen LogP contribution in [0.1, 0.15) is 22.3 Å². The maximum absolute atomic E-state index is 14.1. The van der Waals surface area contributed by atoms with Crippen LogP contribution in [0.5, 0.6) is 5.75 Å². The molecule has 0 spiro atoms. The molecule has 3 aliphatic rings. The van der Waals surface area contributed by atoms with E-state index in [0.717, 1.165) is 0 Å². The zero-order valence-corrected chi connectivity index (χ0v) is 23.2. The first-order chi connectivity index (χ1) is 18.7. The summed E-state index contributed by atoms with van der Waals surface area (Å²) in [5.74, 6) is -6.83. The number of anilines is 1. The van der Waals surface area contributed by atoms with E-state index in [9.17, 15) is 34.8 Å². The quantitative estimate of drug-likeness (QED) is 0.349. The number of carbonyl (C=O) groups is 3. The molecule has 0 saturated heterocycles. The van der Waals surface area contributed by atoms with Gasteiger partial charge in [-0.25, -0.2) is 0 Å². The molecule has 2 aromatic carbocycles. The number of aromatic hydroxyl groups is 1. The molecule has 40 heavy (non-hydrogen) atoms. The summed E-state index contributed by atoms with van der Waals surface area (Å²) in [6, 6.07) is 7.50. The third kappa shape index (κ3) is 3.74. The molecule has 1 amide bonds. The fraction of sp³-hybridized carbons (Fsp3) is 0.345. The highest BCUT2D eigenvalue weighted by molar-refractivity contribution is 6.31. The van der Waals surface area contributed by atoms with Crippen LogP contribution in [0.2, 0.25) is 5.02 Å². The van der Waals surface area contributed by atoms with Crippen LogP contribution in [-0.2, 0) is 16.0 Å². The van der Waals surface area contributed by atoms with Crippen molar-refractivity contribution in [3.8, 4) is 16.9 Å². The van der Waals surface area contributed by atoms with Crippen LogP contribution < -0.4 is 10.6 Å². The highest BCUT2D eigenvalue weighted by Crippen LogP contribution is 2.54. The van der Waals surface area contributed by atoms with Gasteiger partial charge in [0.1, 0.15) is 22.8 Å². The minimum Gasteiger partial charge on any atom is -0.510 e. The Balaban J connectivity index is 1.76. The van der Waals surface area contributed by atoms with Crippen LogP contribution in [0.15, 0.2) is 53.0 Å². The molecule has 0 fully saturated rings. The van der Waals surface area contributed by atoms with E-state index in [0.29, 0.717) is 27.4 Å². The third-order valence-electron chi connectivity index (χ3n) is 8.32. The summed E-state index contributed by atoms with van der Waals surface area (Å²) in [5.41, 5.74) is 3.72. The van der Waals surface area contributed by atoms with Gasteiger partial charge in [0, 0.05) is 41.9 Å². The number of hydrogen-bond acceptors (Lipinski definition) is 9. The number of nitrogens with two attached hydrogens (primary N) is 1. The second kappa shape index (κ2) is 9.36. The molecule has 11 heteroatoms. The number of carbonyl (C=O) groups excluding carboxylic acids is 3. The first kappa shape index (κ1) is 27.7. The number of phenols is 1. The molecule has 5 rings (SSSR count). The van der Waals surface area contributed by atoms with Crippen LogP contribution in [0.3, 0.4) is 0 Å². The monoisotopic (exact) mass is 567 g/mol. The number of primary amides is 1. The standard InChI is InChI=1S/C29H30ClN3O7/c1-32(2)18-11-15(12-6-5-7-14(30)8-12)23(34)20-16(18)9-13-10-17-22(33(3)4)25(36)21(28(31)39)27(38)29(17,40)26(37)19(13)24(20)35/h5-8,11,13,17,22,34,36-37,40H,9-10H2,1-4H3,(H2,31,39)/t13-,17-,22-,29-/m0/s1. The highest BCUT2D eigenvalue weighted by Gasteiger charge is 2.63. The van der Waals surface area contributed by atoms with Gasteiger partial charge in [-0.1, -0.05) is 23.7 Å². The van der Waals surface area contributed by atoms with E-state index < -0.39 is 58.0 Å². The second-order valence-corrected chi connectivity index (χ2v) is 11.4. The molecule has 4 atom stereocenters. The van der Waals surface area contributed by atoms with Crippen molar-refractivity contribution in [2.75, 3.05) is 33.1 Å². The highest BCUT2D eigenvalue weighted by atomic mass is 35.5. The lowest BCUT2D eigenvalue weighted by atomic mass is 9.58. The fourth-order valence-corrected chi connectivity index (χ4v) is 6.76. The van der Waals surface area contributed by atoms with Crippen LogP contribution in [-0.4, -0.2) is 82.6 Å². The number of halogens is 1. The number of allylic oxidation sites excluding steroid dienone is 1. The van der Waals surface area contributed by atoms with Gasteiger partial charge in [0.15, 0.2) is 11.4 Å². The number of hydrogen-bond donors (Lipinski definition) is 5. The zero-order chi connectivity index (χ0) is 29.4.